The van der Waals surface area contributed by atoms with Gasteiger partial charge in [0.25, 0.3) is 0 Å². The van der Waals surface area contributed by atoms with Gasteiger partial charge in [-0.1, -0.05) is 12.1 Å². The van der Waals surface area contributed by atoms with E-state index in [1.807, 2.05) is 18.2 Å². The van der Waals surface area contributed by atoms with Crippen molar-refractivity contribution in [3.05, 3.63) is 28.2 Å². The monoisotopic (exact) mass is 338 g/mol. The van der Waals surface area contributed by atoms with E-state index >= 15 is 0 Å². The minimum atomic E-state index is -0.724. The highest BCUT2D eigenvalue weighted by Crippen LogP contribution is 2.48. The number of benzene rings is 1. The number of aliphatic carboxylic acids is 1. The van der Waals surface area contributed by atoms with E-state index in [0.29, 0.717) is 11.8 Å². The number of hydrogen-bond acceptors (Lipinski definition) is 2. The summed E-state index contributed by atoms with van der Waals surface area (Å²) in [5, 5.41) is 9.12. The van der Waals surface area contributed by atoms with Crippen LogP contribution in [-0.2, 0) is 4.79 Å². The van der Waals surface area contributed by atoms with E-state index in [-0.39, 0.29) is 12.3 Å². The van der Waals surface area contributed by atoms with Crippen LogP contribution in [-0.4, -0.2) is 17.7 Å². The second-order valence-electron chi connectivity index (χ2n) is 5.96. The maximum Gasteiger partial charge on any atom is 0.303 e. The van der Waals surface area contributed by atoms with Gasteiger partial charge in [-0.2, -0.15) is 0 Å². The van der Waals surface area contributed by atoms with Crippen molar-refractivity contribution < 1.29 is 14.6 Å². The summed E-state index contributed by atoms with van der Waals surface area (Å²) < 4.78 is 6.81. The Balaban J connectivity index is 1.79. The molecule has 1 aromatic carbocycles. The predicted octanol–water partition coefficient (Wildman–Crippen LogP) is 4.21. The third kappa shape index (κ3) is 3.35. The smallest absolute Gasteiger partial charge is 0.303 e. The van der Waals surface area contributed by atoms with E-state index in [2.05, 4.69) is 15.9 Å². The summed E-state index contributed by atoms with van der Waals surface area (Å²) in [6, 6.07) is 5.96. The first-order valence-corrected chi connectivity index (χ1v) is 8.07. The number of carbonyl (C=O) groups is 1. The molecule has 0 saturated heterocycles. The first-order valence-electron chi connectivity index (χ1n) is 7.28. The third-order valence-corrected chi connectivity index (χ3v) is 5.00. The molecule has 108 valence electrons. The molecule has 0 aliphatic heterocycles. The van der Waals surface area contributed by atoms with Crippen molar-refractivity contribution in [2.24, 2.45) is 11.8 Å². The highest BCUT2D eigenvalue weighted by molar-refractivity contribution is 9.10. The van der Waals surface area contributed by atoms with E-state index < -0.39 is 5.97 Å². The summed E-state index contributed by atoms with van der Waals surface area (Å²) in [4.78, 5) is 11.1. The van der Waals surface area contributed by atoms with Crippen LogP contribution in [0, 0.1) is 11.8 Å². The second-order valence-corrected chi connectivity index (χ2v) is 6.75. The second kappa shape index (κ2) is 5.76. The van der Waals surface area contributed by atoms with E-state index in [9.17, 15) is 4.79 Å². The Hall–Kier alpha value is -1.03. The van der Waals surface area contributed by atoms with Gasteiger partial charge in [-0.15, -0.1) is 0 Å². The summed E-state index contributed by atoms with van der Waals surface area (Å²) in [7, 11) is 0. The van der Waals surface area contributed by atoms with E-state index in [1.54, 1.807) is 0 Å². The molecule has 0 aromatic heterocycles. The fourth-order valence-electron chi connectivity index (χ4n) is 2.64. The summed E-state index contributed by atoms with van der Waals surface area (Å²) in [5.74, 6) is 1.46. The zero-order valence-electron chi connectivity index (χ0n) is 11.3. The van der Waals surface area contributed by atoms with Crippen LogP contribution in [0.1, 0.15) is 43.6 Å². The standard InChI is InChI=1S/C16H19BrO3/c17-16-12(13(8-15(18)19)11-6-7-11)2-1-3-14(16)20-9-10-4-5-10/h1-3,10-11,13H,4-9H2,(H,18,19). The number of rotatable bonds is 7. The van der Waals surface area contributed by atoms with Gasteiger partial charge in [0.2, 0.25) is 0 Å². The van der Waals surface area contributed by atoms with Gasteiger partial charge in [0.1, 0.15) is 5.75 Å². The van der Waals surface area contributed by atoms with E-state index in [4.69, 9.17) is 9.84 Å². The molecule has 2 aliphatic rings. The molecule has 3 nitrogen and oxygen atoms in total. The molecule has 4 heteroatoms. The van der Waals surface area contributed by atoms with Gasteiger partial charge in [0.15, 0.2) is 0 Å². The largest absolute Gasteiger partial charge is 0.492 e. The molecule has 1 atom stereocenters. The van der Waals surface area contributed by atoms with Crippen molar-refractivity contribution in [1.29, 1.82) is 0 Å². The molecular weight excluding hydrogens is 320 g/mol. The van der Waals surface area contributed by atoms with Gasteiger partial charge in [-0.25, -0.2) is 0 Å². The van der Waals surface area contributed by atoms with Crippen molar-refractivity contribution in [2.45, 2.75) is 38.0 Å². The average Bonchev–Trinajstić information content (AvgIpc) is 3.27. The van der Waals surface area contributed by atoms with Crippen LogP contribution in [0.4, 0.5) is 0 Å². The Labute approximate surface area is 127 Å². The number of carboxylic acid groups (broad SMARTS) is 1. The number of hydrogen-bond donors (Lipinski definition) is 1. The third-order valence-electron chi connectivity index (χ3n) is 4.15. The molecule has 0 spiro atoms. The summed E-state index contributed by atoms with van der Waals surface area (Å²) >= 11 is 3.62. The molecule has 0 bridgehead atoms. The molecule has 3 rings (SSSR count). The number of halogens is 1. The van der Waals surface area contributed by atoms with Gasteiger partial charge in [0.05, 0.1) is 17.5 Å². The minimum absolute atomic E-state index is 0.103. The topological polar surface area (TPSA) is 46.5 Å². The summed E-state index contributed by atoms with van der Waals surface area (Å²) in [5.41, 5.74) is 1.09. The molecule has 0 amide bonds. The molecule has 2 aliphatic carbocycles. The molecule has 2 fully saturated rings. The van der Waals surface area contributed by atoms with Crippen LogP contribution in [0.25, 0.3) is 0 Å². The molecule has 2 saturated carbocycles. The average molecular weight is 339 g/mol. The first-order chi connectivity index (χ1) is 9.65. The lowest BCUT2D eigenvalue weighted by atomic mass is 9.91. The lowest BCUT2D eigenvalue weighted by Gasteiger charge is -2.18. The fraction of sp³-hybridized carbons (Fsp3) is 0.562. The van der Waals surface area contributed by atoms with Crippen LogP contribution < -0.4 is 4.74 Å². The van der Waals surface area contributed by atoms with Crippen molar-refractivity contribution >= 4 is 21.9 Å². The lowest BCUT2D eigenvalue weighted by molar-refractivity contribution is -0.137. The Kier molecular flexibility index (Phi) is 4.01. The SMILES string of the molecule is O=C(O)CC(c1cccc(OCC2CC2)c1Br)C1CC1. The summed E-state index contributed by atoms with van der Waals surface area (Å²) in [6.45, 7) is 0.773. The molecular formula is C16H19BrO3. The fourth-order valence-corrected chi connectivity index (χ4v) is 3.31. The van der Waals surface area contributed by atoms with Crippen LogP contribution in [0.5, 0.6) is 5.75 Å². The lowest BCUT2D eigenvalue weighted by Crippen LogP contribution is -2.10. The number of carboxylic acids is 1. The Bertz CT molecular complexity index is 506. The van der Waals surface area contributed by atoms with Gasteiger partial charge >= 0.3 is 5.97 Å². The first kappa shape index (κ1) is 13.9. The van der Waals surface area contributed by atoms with E-state index in [1.165, 1.54) is 12.8 Å². The molecule has 1 unspecified atom stereocenters. The van der Waals surface area contributed by atoms with Crippen molar-refractivity contribution in [2.75, 3.05) is 6.61 Å². The van der Waals surface area contributed by atoms with Crippen LogP contribution in [0.15, 0.2) is 22.7 Å². The van der Waals surface area contributed by atoms with Crippen LogP contribution in [0.2, 0.25) is 0 Å². The van der Waals surface area contributed by atoms with Crippen molar-refractivity contribution in [1.82, 2.24) is 0 Å². The van der Waals surface area contributed by atoms with Crippen molar-refractivity contribution in [3.8, 4) is 5.75 Å². The zero-order valence-corrected chi connectivity index (χ0v) is 12.9. The van der Waals surface area contributed by atoms with Gasteiger partial charge in [-0.05, 0) is 71.0 Å². The molecule has 0 radical (unpaired) electrons. The maximum absolute atomic E-state index is 11.1. The maximum atomic E-state index is 11.1. The van der Waals surface area contributed by atoms with Gasteiger partial charge in [0, 0.05) is 0 Å². The van der Waals surface area contributed by atoms with Crippen molar-refractivity contribution in [3.63, 3.8) is 0 Å². The van der Waals surface area contributed by atoms with Gasteiger partial charge in [-0.3, -0.25) is 4.79 Å². The Morgan fingerprint density at radius 3 is 2.70 bits per heavy atom. The zero-order chi connectivity index (χ0) is 14.1. The number of ether oxygens (including phenoxy) is 1. The Morgan fingerprint density at radius 1 is 1.35 bits per heavy atom. The molecule has 20 heavy (non-hydrogen) atoms. The summed E-state index contributed by atoms with van der Waals surface area (Å²) in [6.07, 6.45) is 5.01. The highest BCUT2D eigenvalue weighted by Gasteiger charge is 2.35. The van der Waals surface area contributed by atoms with Crippen LogP contribution in [0.3, 0.4) is 0 Å². The predicted molar refractivity (Wildman–Crippen MR) is 80.1 cm³/mol. The van der Waals surface area contributed by atoms with Gasteiger partial charge < -0.3 is 9.84 Å². The quantitative estimate of drug-likeness (QED) is 0.810. The highest BCUT2D eigenvalue weighted by atomic mass is 79.9. The normalized spacial score (nSPS) is 19.6. The molecule has 1 N–H and O–H groups in total. The molecule has 1 aromatic rings. The van der Waals surface area contributed by atoms with E-state index in [0.717, 1.165) is 35.2 Å². The molecule has 0 heterocycles. The van der Waals surface area contributed by atoms with Crippen LogP contribution >= 0.6 is 15.9 Å². The minimum Gasteiger partial charge on any atom is -0.492 e. The Morgan fingerprint density at radius 2 is 2.10 bits per heavy atom.